The number of rotatable bonds is 7. The third kappa shape index (κ3) is 4.96. The van der Waals surface area contributed by atoms with Crippen molar-refractivity contribution in [3.63, 3.8) is 0 Å². The van der Waals surface area contributed by atoms with Gasteiger partial charge in [-0.15, -0.1) is 10.2 Å². The first kappa shape index (κ1) is 22.7. The van der Waals surface area contributed by atoms with Gasteiger partial charge in [-0.25, -0.2) is 18.1 Å². The molecule has 1 atom stereocenters. The van der Waals surface area contributed by atoms with E-state index in [0.717, 1.165) is 17.8 Å². The van der Waals surface area contributed by atoms with Gasteiger partial charge in [-0.3, -0.25) is 9.59 Å². The molecule has 0 radical (unpaired) electrons. The zero-order chi connectivity index (χ0) is 23.6. The monoisotopic (exact) mass is 484 g/mol. The Hall–Kier alpha value is -3.51. The second-order valence-corrected chi connectivity index (χ2v) is 10.0. The molecule has 0 aliphatic carbocycles. The van der Waals surface area contributed by atoms with Crippen LogP contribution in [0.5, 0.6) is 0 Å². The van der Waals surface area contributed by atoms with Crippen LogP contribution in [0.15, 0.2) is 58.6 Å². The van der Waals surface area contributed by atoms with Gasteiger partial charge in [-0.05, 0) is 36.8 Å². The third-order valence-electron chi connectivity index (χ3n) is 4.72. The summed E-state index contributed by atoms with van der Waals surface area (Å²) in [4.78, 5) is 31.5. The van der Waals surface area contributed by atoms with Gasteiger partial charge in [0.2, 0.25) is 17.0 Å². The lowest BCUT2D eigenvalue weighted by atomic mass is 10.2. The molecule has 0 saturated carbocycles. The van der Waals surface area contributed by atoms with Crippen LogP contribution in [-0.2, 0) is 19.6 Å². The normalized spacial score (nSPS) is 12.5. The highest BCUT2D eigenvalue weighted by atomic mass is 32.2. The number of aromatic amines is 1. The van der Waals surface area contributed by atoms with Gasteiger partial charge in [-0.1, -0.05) is 36.9 Å². The van der Waals surface area contributed by atoms with E-state index in [4.69, 9.17) is 0 Å². The van der Waals surface area contributed by atoms with Gasteiger partial charge in [0.25, 0.3) is 10.0 Å². The van der Waals surface area contributed by atoms with Gasteiger partial charge in [0.15, 0.2) is 5.65 Å². The van der Waals surface area contributed by atoms with E-state index < -0.39 is 21.2 Å². The van der Waals surface area contributed by atoms with Crippen molar-refractivity contribution in [3.05, 3.63) is 48.5 Å². The Kier molecular flexibility index (Phi) is 6.29. The molecule has 4 rings (SSSR count). The molecule has 0 spiro atoms. The van der Waals surface area contributed by atoms with Crippen LogP contribution < -0.4 is 10.0 Å². The number of carbonyl (C=O) groups excluding carboxylic acids is 2. The van der Waals surface area contributed by atoms with Crippen molar-refractivity contribution in [2.45, 2.75) is 35.6 Å². The summed E-state index contributed by atoms with van der Waals surface area (Å²) in [6.07, 6.45) is 0.513. The molecule has 0 bridgehead atoms. The second-order valence-electron chi connectivity index (χ2n) is 7.15. The minimum Gasteiger partial charge on any atom is -0.338 e. The third-order valence-corrected chi connectivity index (χ3v) is 7.39. The number of sulfonamides is 1. The first-order chi connectivity index (χ1) is 15.8. The lowest BCUT2D eigenvalue weighted by Crippen LogP contribution is -2.28. The molecule has 0 saturated heterocycles. The van der Waals surface area contributed by atoms with E-state index in [0.29, 0.717) is 28.4 Å². The molecule has 0 aliphatic heterocycles. The molecule has 0 fully saturated rings. The van der Waals surface area contributed by atoms with Crippen molar-refractivity contribution >= 4 is 61.4 Å². The minimum atomic E-state index is -3.94. The van der Waals surface area contributed by atoms with E-state index in [1.807, 2.05) is 35.9 Å². The van der Waals surface area contributed by atoms with Crippen LogP contribution in [0.2, 0.25) is 0 Å². The number of hydrogen-bond donors (Lipinski definition) is 3. The zero-order valence-electron chi connectivity index (χ0n) is 17.7. The molecule has 2 aromatic heterocycles. The number of para-hydroxylation sites is 1. The molecule has 2 amide bonds. The van der Waals surface area contributed by atoms with Crippen LogP contribution in [0, 0.1) is 0 Å². The number of thioether (sulfide) groups is 1. The van der Waals surface area contributed by atoms with E-state index in [2.05, 4.69) is 25.5 Å². The predicted molar refractivity (Wildman–Crippen MR) is 125 cm³/mol. The number of anilines is 1. The van der Waals surface area contributed by atoms with Crippen LogP contribution in [0.3, 0.4) is 0 Å². The van der Waals surface area contributed by atoms with Crippen LogP contribution in [0.4, 0.5) is 5.69 Å². The molecule has 2 heterocycles. The number of hydrogen-bond acceptors (Lipinski definition) is 8. The molecule has 170 valence electrons. The van der Waals surface area contributed by atoms with Crippen LogP contribution in [-0.4, -0.2) is 45.6 Å². The fraction of sp³-hybridized carbons (Fsp3) is 0.190. The maximum atomic E-state index is 12.8. The topological polar surface area (TPSA) is 147 Å². The van der Waals surface area contributed by atoms with Crippen LogP contribution in [0.1, 0.15) is 20.3 Å². The van der Waals surface area contributed by atoms with Gasteiger partial charge < -0.3 is 10.3 Å². The predicted octanol–water partition coefficient (Wildman–Crippen LogP) is 2.84. The van der Waals surface area contributed by atoms with E-state index in [-0.39, 0.29) is 10.8 Å². The van der Waals surface area contributed by atoms with Crippen molar-refractivity contribution in [1.29, 1.82) is 0 Å². The van der Waals surface area contributed by atoms with Gasteiger partial charge in [0.1, 0.15) is 5.52 Å². The van der Waals surface area contributed by atoms with Crippen LogP contribution in [0.25, 0.3) is 22.1 Å². The molecule has 2 aromatic carbocycles. The van der Waals surface area contributed by atoms with E-state index in [1.165, 1.54) is 36.0 Å². The van der Waals surface area contributed by atoms with E-state index >= 15 is 0 Å². The Balaban J connectivity index is 1.47. The number of aromatic nitrogens is 4. The fourth-order valence-electron chi connectivity index (χ4n) is 3.19. The number of fused-ring (bicyclic) bond motifs is 3. The largest absolute Gasteiger partial charge is 0.338 e. The number of amides is 2. The quantitative estimate of drug-likeness (QED) is 0.339. The van der Waals surface area contributed by atoms with Crippen molar-refractivity contribution < 1.29 is 18.0 Å². The number of H-pyrrole nitrogens is 1. The average molecular weight is 485 g/mol. The Morgan fingerprint density at radius 1 is 1.09 bits per heavy atom. The summed E-state index contributed by atoms with van der Waals surface area (Å²) in [6, 6.07) is 13.2. The number of nitrogens with zero attached hydrogens (tertiary/aromatic N) is 3. The van der Waals surface area contributed by atoms with Crippen molar-refractivity contribution in [2.24, 2.45) is 0 Å². The highest BCUT2D eigenvalue weighted by Gasteiger charge is 2.21. The lowest BCUT2D eigenvalue weighted by Gasteiger charge is -2.14. The summed E-state index contributed by atoms with van der Waals surface area (Å²) < 4.78 is 26.0. The highest BCUT2D eigenvalue weighted by Crippen LogP contribution is 2.27. The van der Waals surface area contributed by atoms with Gasteiger partial charge in [0.05, 0.1) is 10.1 Å². The smallest absolute Gasteiger partial charge is 0.264 e. The SMILES string of the molecule is CCC(Sc1nnc2c(n1)[nH]c1ccccc12)C(=O)Nc1ccc(S(=O)(=O)NC(C)=O)cc1. The first-order valence-corrected chi connectivity index (χ1v) is 12.3. The summed E-state index contributed by atoms with van der Waals surface area (Å²) >= 11 is 1.19. The molecule has 0 aliphatic rings. The number of nitrogens with one attached hydrogen (secondary N) is 3. The molecule has 3 N–H and O–H groups in total. The fourth-order valence-corrected chi connectivity index (χ4v) is 5.00. The number of carbonyl (C=O) groups is 2. The Bertz CT molecular complexity index is 1450. The summed E-state index contributed by atoms with van der Waals surface area (Å²) in [5, 5.41) is 12.0. The molecular weight excluding hydrogens is 464 g/mol. The van der Waals surface area contributed by atoms with Crippen molar-refractivity contribution in [2.75, 3.05) is 5.32 Å². The Labute approximate surface area is 193 Å². The van der Waals surface area contributed by atoms with Gasteiger partial charge in [-0.2, -0.15) is 0 Å². The maximum absolute atomic E-state index is 12.8. The maximum Gasteiger partial charge on any atom is 0.264 e. The molecule has 12 heteroatoms. The molecule has 4 aromatic rings. The zero-order valence-corrected chi connectivity index (χ0v) is 19.3. The van der Waals surface area contributed by atoms with E-state index in [9.17, 15) is 18.0 Å². The van der Waals surface area contributed by atoms with Gasteiger partial charge in [0, 0.05) is 23.5 Å². The van der Waals surface area contributed by atoms with Gasteiger partial charge >= 0.3 is 0 Å². The summed E-state index contributed by atoms with van der Waals surface area (Å²) in [6.45, 7) is 2.99. The Morgan fingerprint density at radius 3 is 2.52 bits per heavy atom. The second kappa shape index (κ2) is 9.16. The molecule has 1 unspecified atom stereocenters. The minimum absolute atomic E-state index is 0.0803. The Morgan fingerprint density at radius 2 is 1.82 bits per heavy atom. The molecule has 10 nitrogen and oxygen atoms in total. The number of benzene rings is 2. The summed E-state index contributed by atoms with van der Waals surface area (Å²) in [5.41, 5.74) is 2.60. The highest BCUT2D eigenvalue weighted by molar-refractivity contribution is 8.00. The molecular formula is C21H20N6O4S2. The standard InChI is InChI=1S/C21H20N6O4S2/c1-3-17(20(29)22-13-8-10-14(11-9-13)33(30,31)27-12(2)28)32-21-24-19-18(25-26-21)15-6-4-5-7-16(15)23-19/h4-11,17H,3H2,1-2H3,(H,22,29)(H,27,28)(H,23,24,26). The van der Waals surface area contributed by atoms with Crippen molar-refractivity contribution in [3.8, 4) is 0 Å². The lowest BCUT2D eigenvalue weighted by molar-refractivity contribution is -0.117. The summed E-state index contributed by atoms with van der Waals surface area (Å²) in [7, 11) is -3.94. The van der Waals surface area contributed by atoms with E-state index in [1.54, 1.807) is 0 Å². The molecule has 33 heavy (non-hydrogen) atoms. The van der Waals surface area contributed by atoms with Crippen molar-refractivity contribution in [1.82, 2.24) is 24.9 Å². The van der Waals surface area contributed by atoms with Crippen LogP contribution >= 0.6 is 11.8 Å². The average Bonchev–Trinajstić information content (AvgIpc) is 3.14. The first-order valence-electron chi connectivity index (χ1n) is 9.99. The summed E-state index contributed by atoms with van der Waals surface area (Å²) in [5.74, 6) is -0.960.